The van der Waals surface area contributed by atoms with Gasteiger partial charge in [-0.2, -0.15) is 0 Å². The lowest BCUT2D eigenvalue weighted by molar-refractivity contribution is -0.385. The number of ketones is 1. The van der Waals surface area contributed by atoms with E-state index < -0.39 is 22.4 Å². The Morgan fingerprint density at radius 3 is 2.32 bits per heavy atom. The fraction of sp³-hybridized carbons (Fsp3) is 0.118. The van der Waals surface area contributed by atoms with Crippen molar-refractivity contribution in [3.8, 4) is 0 Å². The SMILES string of the molecule is CNC(=O)c1ccc([N+](=O)[O-])c(C(=O)Nc2cccc(C(C)=O)c2)c1. The van der Waals surface area contributed by atoms with E-state index in [1.165, 1.54) is 26.1 Å². The standard InChI is InChI=1S/C17H15N3O5/c1-10(21)11-4-3-5-13(8-11)19-17(23)14-9-12(16(22)18-2)6-7-15(14)20(24)25/h3-9H,1-2H3,(H,18,22)(H,19,23). The molecule has 8 nitrogen and oxygen atoms in total. The molecule has 0 saturated carbocycles. The Balaban J connectivity index is 2.40. The van der Waals surface area contributed by atoms with E-state index in [9.17, 15) is 24.5 Å². The first-order valence-corrected chi connectivity index (χ1v) is 7.26. The molecule has 0 spiro atoms. The van der Waals surface area contributed by atoms with Crippen molar-refractivity contribution >= 4 is 29.0 Å². The summed E-state index contributed by atoms with van der Waals surface area (Å²) in [5.74, 6) is -1.40. The number of carbonyl (C=O) groups is 3. The van der Waals surface area contributed by atoms with Gasteiger partial charge in [0.25, 0.3) is 17.5 Å². The zero-order chi connectivity index (χ0) is 18.6. The van der Waals surface area contributed by atoms with Crippen LogP contribution in [0.1, 0.15) is 38.0 Å². The zero-order valence-corrected chi connectivity index (χ0v) is 13.5. The van der Waals surface area contributed by atoms with E-state index in [0.717, 1.165) is 12.1 Å². The number of nitrogens with zero attached hydrogens (tertiary/aromatic N) is 1. The van der Waals surface area contributed by atoms with Crippen molar-refractivity contribution in [1.29, 1.82) is 0 Å². The molecule has 0 unspecified atom stereocenters. The van der Waals surface area contributed by atoms with Crippen molar-refractivity contribution in [2.45, 2.75) is 6.92 Å². The van der Waals surface area contributed by atoms with Gasteiger partial charge >= 0.3 is 0 Å². The predicted molar refractivity (Wildman–Crippen MR) is 90.9 cm³/mol. The number of nitro benzene ring substituents is 1. The molecule has 8 heteroatoms. The molecule has 0 heterocycles. The van der Waals surface area contributed by atoms with Crippen LogP contribution in [0.2, 0.25) is 0 Å². The summed E-state index contributed by atoms with van der Waals surface area (Å²) in [4.78, 5) is 46.0. The molecule has 0 bridgehead atoms. The van der Waals surface area contributed by atoms with Crippen molar-refractivity contribution in [3.63, 3.8) is 0 Å². The van der Waals surface area contributed by atoms with E-state index in [4.69, 9.17) is 0 Å². The van der Waals surface area contributed by atoms with Gasteiger partial charge in [-0.3, -0.25) is 24.5 Å². The molecule has 0 aromatic heterocycles. The molecule has 2 N–H and O–H groups in total. The average molecular weight is 341 g/mol. The number of Topliss-reactive ketones (excluding diaryl/α,β-unsaturated/α-hetero) is 1. The van der Waals surface area contributed by atoms with Crippen LogP contribution in [0.3, 0.4) is 0 Å². The third-order valence-corrected chi connectivity index (χ3v) is 3.45. The normalized spacial score (nSPS) is 10.0. The highest BCUT2D eigenvalue weighted by molar-refractivity contribution is 6.09. The van der Waals surface area contributed by atoms with Crippen molar-refractivity contribution in [2.75, 3.05) is 12.4 Å². The highest BCUT2D eigenvalue weighted by Gasteiger charge is 2.22. The molecule has 0 saturated heterocycles. The van der Waals surface area contributed by atoms with Gasteiger partial charge in [0.1, 0.15) is 5.56 Å². The summed E-state index contributed by atoms with van der Waals surface area (Å²) in [5, 5.41) is 16.0. The highest BCUT2D eigenvalue weighted by atomic mass is 16.6. The Morgan fingerprint density at radius 1 is 1.00 bits per heavy atom. The molecule has 2 aromatic carbocycles. The molecular formula is C17H15N3O5. The van der Waals surface area contributed by atoms with Crippen LogP contribution in [0, 0.1) is 10.1 Å². The van der Waals surface area contributed by atoms with Gasteiger partial charge in [0.15, 0.2) is 5.78 Å². The number of carbonyl (C=O) groups excluding carboxylic acids is 3. The summed E-state index contributed by atoms with van der Waals surface area (Å²) in [6.45, 7) is 1.39. The number of nitro groups is 1. The first-order valence-electron chi connectivity index (χ1n) is 7.26. The highest BCUT2D eigenvalue weighted by Crippen LogP contribution is 2.22. The van der Waals surface area contributed by atoms with Crippen LogP contribution in [-0.2, 0) is 0 Å². The van der Waals surface area contributed by atoms with Gasteiger partial charge in [0.05, 0.1) is 4.92 Å². The van der Waals surface area contributed by atoms with Crippen LogP contribution >= 0.6 is 0 Å². The summed E-state index contributed by atoms with van der Waals surface area (Å²) in [6.07, 6.45) is 0. The van der Waals surface area contributed by atoms with E-state index >= 15 is 0 Å². The van der Waals surface area contributed by atoms with E-state index in [1.807, 2.05) is 0 Å². The Bertz CT molecular complexity index is 876. The third kappa shape index (κ3) is 4.05. The van der Waals surface area contributed by atoms with Crippen LogP contribution in [0.15, 0.2) is 42.5 Å². The first-order chi connectivity index (χ1) is 11.8. The second-order valence-electron chi connectivity index (χ2n) is 5.16. The van der Waals surface area contributed by atoms with Crippen LogP contribution in [0.5, 0.6) is 0 Å². The van der Waals surface area contributed by atoms with Gasteiger partial charge in [-0.1, -0.05) is 12.1 Å². The molecule has 0 radical (unpaired) electrons. The Morgan fingerprint density at radius 2 is 1.72 bits per heavy atom. The fourth-order valence-corrected chi connectivity index (χ4v) is 2.18. The summed E-state index contributed by atoms with van der Waals surface area (Å²) in [6, 6.07) is 9.72. The monoisotopic (exact) mass is 341 g/mol. The maximum atomic E-state index is 12.5. The number of benzene rings is 2. The molecule has 128 valence electrons. The molecule has 2 rings (SSSR count). The lowest BCUT2D eigenvalue weighted by atomic mass is 10.1. The van der Waals surface area contributed by atoms with Gasteiger partial charge in [-0.25, -0.2) is 0 Å². The summed E-state index contributed by atoms with van der Waals surface area (Å²) >= 11 is 0. The molecular weight excluding hydrogens is 326 g/mol. The summed E-state index contributed by atoms with van der Waals surface area (Å²) < 4.78 is 0. The first kappa shape index (κ1) is 17.8. The number of hydrogen-bond donors (Lipinski definition) is 2. The van der Waals surface area contributed by atoms with Gasteiger partial charge in [-0.15, -0.1) is 0 Å². The summed E-state index contributed by atoms with van der Waals surface area (Å²) in [5.41, 5.74) is 0.159. The van der Waals surface area contributed by atoms with E-state index in [0.29, 0.717) is 11.3 Å². The van der Waals surface area contributed by atoms with E-state index in [2.05, 4.69) is 10.6 Å². The number of hydrogen-bond acceptors (Lipinski definition) is 5. The Kier molecular flexibility index (Phi) is 5.23. The molecule has 0 aliphatic heterocycles. The Hall–Kier alpha value is -3.55. The molecule has 0 aliphatic rings. The van der Waals surface area contributed by atoms with Gasteiger partial charge < -0.3 is 10.6 Å². The van der Waals surface area contributed by atoms with Crippen molar-refractivity contribution < 1.29 is 19.3 Å². The predicted octanol–water partition coefficient (Wildman–Crippen LogP) is 2.41. The van der Waals surface area contributed by atoms with Crippen molar-refractivity contribution in [2.24, 2.45) is 0 Å². The largest absolute Gasteiger partial charge is 0.355 e. The minimum atomic E-state index is -0.752. The molecule has 0 atom stereocenters. The van der Waals surface area contributed by atoms with Gasteiger partial charge in [-0.05, 0) is 31.2 Å². The van der Waals surface area contributed by atoms with E-state index in [1.54, 1.807) is 18.2 Å². The van der Waals surface area contributed by atoms with Gasteiger partial charge in [0.2, 0.25) is 0 Å². The minimum absolute atomic E-state index is 0.121. The number of rotatable bonds is 5. The maximum absolute atomic E-state index is 12.5. The topological polar surface area (TPSA) is 118 Å². The number of amides is 2. The van der Waals surface area contributed by atoms with Crippen molar-refractivity contribution in [3.05, 3.63) is 69.3 Å². The maximum Gasteiger partial charge on any atom is 0.282 e. The Labute approximate surface area is 143 Å². The van der Waals surface area contributed by atoms with Crippen LogP contribution in [-0.4, -0.2) is 29.6 Å². The molecule has 2 amide bonds. The number of anilines is 1. The minimum Gasteiger partial charge on any atom is -0.355 e. The van der Waals surface area contributed by atoms with Gasteiger partial charge in [0, 0.05) is 29.9 Å². The quantitative estimate of drug-likeness (QED) is 0.492. The summed E-state index contributed by atoms with van der Waals surface area (Å²) in [7, 11) is 1.41. The molecule has 0 fully saturated rings. The second-order valence-corrected chi connectivity index (χ2v) is 5.16. The van der Waals surface area contributed by atoms with Crippen molar-refractivity contribution in [1.82, 2.24) is 5.32 Å². The fourth-order valence-electron chi connectivity index (χ4n) is 2.18. The molecule has 0 aliphatic carbocycles. The van der Waals surface area contributed by atoms with Crippen LogP contribution in [0.4, 0.5) is 11.4 Å². The van der Waals surface area contributed by atoms with E-state index in [-0.39, 0.29) is 16.9 Å². The van der Waals surface area contributed by atoms with Crippen LogP contribution < -0.4 is 10.6 Å². The zero-order valence-electron chi connectivity index (χ0n) is 13.5. The smallest absolute Gasteiger partial charge is 0.282 e. The van der Waals surface area contributed by atoms with Crippen LogP contribution in [0.25, 0.3) is 0 Å². The molecule has 2 aromatic rings. The number of nitrogens with one attached hydrogen (secondary N) is 2. The second kappa shape index (κ2) is 7.35. The average Bonchev–Trinajstić information content (AvgIpc) is 2.60. The molecule has 25 heavy (non-hydrogen) atoms. The lowest BCUT2D eigenvalue weighted by Crippen LogP contribution is -2.20. The lowest BCUT2D eigenvalue weighted by Gasteiger charge is -2.08. The third-order valence-electron chi connectivity index (χ3n) is 3.45.